The number of para-hydroxylation sites is 1. The number of aromatic nitrogens is 3. The molecule has 0 fully saturated rings. The van der Waals surface area contributed by atoms with Crippen molar-refractivity contribution in [1.82, 2.24) is 19.9 Å². The van der Waals surface area contributed by atoms with Gasteiger partial charge in [0.15, 0.2) is 5.03 Å². The van der Waals surface area contributed by atoms with Crippen LogP contribution in [0.3, 0.4) is 0 Å². The van der Waals surface area contributed by atoms with Crippen LogP contribution in [0.5, 0.6) is 5.75 Å². The standard InChI is InChI=1S/C22H24Cl2N6O3/c1-4-28(5-2)21(24)19(23)20(30(31)32)22(25-15-11-13-16(14-12-15)33-6-3)29-18-10-8-7-9-17(18)26-27-29/h7-14,25H,4-6H2,1-3H3/b21-19-,22-20+. The molecule has 2 aromatic carbocycles. The molecule has 1 aromatic heterocycles. The van der Waals surface area contributed by atoms with Crippen LogP contribution in [0, 0.1) is 10.1 Å². The molecule has 0 aliphatic rings. The first-order valence-corrected chi connectivity index (χ1v) is 11.2. The zero-order valence-electron chi connectivity index (χ0n) is 18.5. The van der Waals surface area contributed by atoms with Crippen molar-refractivity contribution >= 4 is 45.7 Å². The van der Waals surface area contributed by atoms with E-state index < -0.39 is 10.6 Å². The molecule has 0 aliphatic heterocycles. The molecule has 1 heterocycles. The number of allylic oxidation sites excluding steroid dienone is 1. The molecule has 0 radical (unpaired) electrons. The number of nitrogens with zero attached hydrogens (tertiary/aromatic N) is 5. The number of anilines is 1. The van der Waals surface area contributed by atoms with Gasteiger partial charge in [0, 0.05) is 18.8 Å². The van der Waals surface area contributed by atoms with Gasteiger partial charge in [-0.15, -0.1) is 5.10 Å². The van der Waals surface area contributed by atoms with E-state index in [4.69, 9.17) is 27.9 Å². The SMILES string of the molecule is CCOc1ccc(N/C(=C(/C(Cl)=C(\Cl)N(CC)CC)[N+](=O)[O-])n2nnc3ccccc32)cc1. The highest BCUT2D eigenvalue weighted by molar-refractivity contribution is 6.40. The summed E-state index contributed by atoms with van der Waals surface area (Å²) in [5.74, 6) is 0.685. The predicted molar refractivity (Wildman–Crippen MR) is 131 cm³/mol. The van der Waals surface area contributed by atoms with Crippen LogP contribution in [0.25, 0.3) is 16.9 Å². The van der Waals surface area contributed by atoms with E-state index in [2.05, 4.69) is 15.6 Å². The summed E-state index contributed by atoms with van der Waals surface area (Å²) in [4.78, 5) is 13.4. The lowest BCUT2D eigenvalue weighted by molar-refractivity contribution is -0.419. The average Bonchev–Trinajstić information content (AvgIpc) is 3.24. The number of hydrogen-bond acceptors (Lipinski definition) is 7. The second-order valence-corrected chi connectivity index (χ2v) is 7.54. The maximum absolute atomic E-state index is 12.3. The van der Waals surface area contributed by atoms with Gasteiger partial charge in [-0.25, -0.2) is 0 Å². The van der Waals surface area contributed by atoms with Crippen molar-refractivity contribution in [3.8, 4) is 5.75 Å². The molecule has 0 unspecified atom stereocenters. The van der Waals surface area contributed by atoms with Gasteiger partial charge in [-0.2, -0.15) is 4.68 Å². The molecule has 0 atom stereocenters. The molecule has 11 heteroatoms. The van der Waals surface area contributed by atoms with E-state index in [0.29, 0.717) is 42.2 Å². The van der Waals surface area contributed by atoms with Gasteiger partial charge in [-0.05, 0) is 57.2 Å². The molecule has 0 bridgehead atoms. The minimum absolute atomic E-state index is 0.00756. The average molecular weight is 491 g/mol. The lowest BCUT2D eigenvalue weighted by atomic mass is 10.2. The normalized spacial score (nSPS) is 12.8. The van der Waals surface area contributed by atoms with Crippen LogP contribution in [-0.2, 0) is 0 Å². The summed E-state index contributed by atoms with van der Waals surface area (Å²) >= 11 is 13.0. The summed E-state index contributed by atoms with van der Waals surface area (Å²) in [5, 5.41) is 23.5. The van der Waals surface area contributed by atoms with E-state index in [1.165, 1.54) is 4.68 Å². The first kappa shape index (κ1) is 24.3. The van der Waals surface area contributed by atoms with Gasteiger partial charge >= 0.3 is 5.70 Å². The molecular weight excluding hydrogens is 467 g/mol. The van der Waals surface area contributed by atoms with Gasteiger partial charge < -0.3 is 15.0 Å². The van der Waals surface area contributed by atoms with E-state index in [1.54, 1.807) is 47.4 Å². The van der Waals surface area contributed by atoms with Crippen molar-refractivity contribution < 1.29 is 9.66 Å². The second-order valence-electron chi connectivity index (χ2n) is 6.80. The largest absolute Gasteiger partial charge is 0.494 e. The Morgan fingerprint density at radius 1 is 1.12 bits per heavy atom. The lowest BCUT2D eigenvalue weighted by Crippen LogP contribution is -2.22. The molecule has 1 N–H and O–H groups in total. The van der Waals surface area contributed by atoms with Crippen molar-refractivity contribution in [2.24, 2.45) is 0 Å². The molecule has 0 saturated carbocycles. The first-order chi connectivity index (χ1) is 15.9. The molecule has 33 heavy (non-hydrogen) atoms. The van der Waals surface area contributed by atoms with Crippen molar-refractivity contribution in [1.29, 1.82) is 0 Å². The number of hydrogen-bond donors (Lipinski definition) is 1. The fourth-order valence-corrected chi connectivity index (χ4v) is 3.80. The number of benzene rings is 2. The Bertz CT molecular complexity index is 1190. The summed E-state index contributed by atoms with van der Waals surface area (Å²) in [7, 11) is 0. The Kier molecular flexibility index (Phi) is 8.13. The summed E-state index contributed by atoms with van der Waals surface area (Å²) in [6.45, 7) is 7.25. The first-order valence-electron chi connectivity index (χ1n) is 10.4. The highest BCUT2D eigenvalue weighted by Crippen LogP contribution is 2.31. The van der Waals surface area contributed by atoms with E-state index in [0.717, 1.165) is 0 Å². The second kappa shape index (κ2) is 11.0. The Balaban J connectivity index is 2.24. The van der Waals surface area contributed by atoms with Crippen LogP contribution in [-0.4, -0.2) is 44.5 Å². The molecule has 3 aromatic rings. The highest BCUT2D eigenvalue weighted by Gasteiger charge is 2.30. The molecule has 174 valence electrons. The maximum Gasteiger partial charge on any atom is 0.333 e. The molecule has 0 saturated heterocycles. The zero-order valence-corrected chi connectivity index (χ0v) is 20.0. The van der Waals surface area contributed by atoms with Crippen molar-refractivity contribution in [3.63, 3.8) is 0 Å². The van der Waals surface area contributed by atoms with Crippen LogP contribution in [0.4, 0.5) is 5.69 Å². The fraction of sp³-hybridized carbons (Fsp3) is 0.273. The van der Waals surface area contributed by atoms with E-state index >= 15 is 0 Å². The van der Waals surface area contributed by atoms with Crippen molar-refractivity contribution in [3.05, 3.63) is 74.5 Å². The number of fused-ring (bicyclic) bond motifs is 1. The Morgan fingerprint density at radius 3 is 2.39 bits per heavy atom. The molecule has 9 nitrogen and oxygen atoms in total. The number of ether oxygens (including phenoxy) is 1. The lowest BCUT2D eigenvalue weighted by Gasteiger charge is -2.21. The van der Waals surface area contributed by atoms with Crippen LogP contribution in [0.15, 0.2) is 64.4 Å². The van der Waals surface area contributed by atoms with Crippen molar-refractivity contribution in [2.45, 2.75) is 20.8 Å². The number of halogens is 2. The highest BCUT2D eigenvalue weighted by atomic mass is 35.5. The number of nitrogens with one attached hydrogen (secondary N) is 1. The number of rotatable bonds is 10. The summed E-state index contributed by atoms with van der Waals surface area (Å²) in [5.41, 5.74) is 1.27. The molecule has 0 spiro atoms. The zero-order chi connectivity index (χ0) is 24.0. The van der Waals surface area contributed by atoms with Gasteiger partial charge in [0.25, 0.3) is 0 Å². The van der Waals surface area contributed by atoms with E-state index in [9.17, 15) is 10.1 Å². The van der Waals surface area contributed by atoms with Crippen LogP contribution < -0.4 is 10.1 Å². The van der Waals surface area contributed by atoms with Gasteiger partial charge in [-0.3, -0.25) is 10.1 Å². The third kappa shape index (κ3) is 5.37. The molecule has 3 rings (SSSR count). The third-order valence-corrected chi connectivity index (χ3v) is 5.71. The maximum atomic E-state index is 12.3. The monoisotopic (exact) mass is 490 g/mol. The predicted octanol–water partition coefficient (Wildman–Crippen LogP) is 5.33. The molecular formula is C22H24Cl2N6O3. The summed E-state index contributed by atoms with van der Waals surface area (Å²) < 4.78 is 6.82. The smallest absolute Gasteiger partial charge is 0.333 e. The topological polar surface area (TPSA) is 98.3 Å². The Morgan fingerprint density at radius 2 is 1.79 bits per heavy atom. The number of nitro groups is 1. The quantitative estimate of drug-likeness (QED) is 0.177. The Hall–Kier alpha value is -3.30. The van der Waals surface area contributed by atoms with Crippen LogP contribution >= 0.6 is 23.2 Å². The van der Waals surface area contributed by atoms with Gasteiger partial charge in [-0.1, -0.05) is 40.5 Å². The molecule has 0 aliphatic carbocycles. The van der Waals surface area contributed by atoms with Crippen LogP contribution in [0.1, 0.15) is 20.8 Å². The fourth-order valence-electron chi connectivity index (χ4n) is 3.19. The van der Waals surface area contributed by atoms with Crippen molar-refractivity contribution in [2.75, 3.05) is 25.0 Å². The van der Waals surface area contributed by atoms with Crippen LogP contribution in [0.2, 0.25) is 0 Å². The van der Waals surface area contributed by atoms with E-state index in [-0.39, 0.29) is 16.0 Å². The van der Waals surface area contributed by atoms with Gasteiger partial charge in [0.1, 0.15) is 16.4 Å². The summed E-state index contributed by atoms with van der Waals surface area (Å²) in [6.07, 6.45) is 0. The van der Waals surface area contributed by atoms with Gasteiger partial charge in [0.05, 0.1) is 17.0 Å². The Labute approximate surface area is 201 Å². The minimum Gasteiger partial charge on any atom is -0.494 e. The minimum atomic E-state index is -0.582. The third-order valence-electron chi connectivity index (χ3n) is 4.83. The van der Waals surface area contributed by atoms with E-state index in [1.807, 2.05) is 26.8 Å². The molecule has 0 amide bonds. The summed E-state index contributed by atoms with van der Waals surface area (Å²) in [6, 6.07) is 14.1. The van der Waals surface area contributed by atoms with Gasteiger partial charge in [0.2, 0.25) is 5.82 Å².